The number of benzene rings is 1. The van der Waals surface area contributed by atoms with E-state index in [0.29, 0.717) is 21.4 Å². The van der Waals surface area contributed by atoms with Gasteiger partial charge in [0.25, 0.3) is 0 Å². The second-order valence-corrected chi connectivity index (χ2v) is 5.23. The van der Waals surface area contributed by atoms with Crippen LogP contribution in [-0.4, -0.2) is 11.5 Å². The van der Waals surface area contributed by atoms with Gasteiger partial charge in [-0.2, -0.15) is 4.98 Å². The number of nitrogens with zero attached hydrogens (tertiary/aromatic N) is 1. The molecule has 0 fully saturated rings. The first-order chi connectivity index (χ1) is 10.1. The van der Waals surface area contributed by atoms with E-state index < -0.39 is 0 Å². The van der Waals surface area contributed by atoms with Crippen molar-refractivity contribution in [2.75, 3.05) is 11.9 Å². The number of hydrogen-bond donors (Lipinski definition) is 1. The molecule has 1 aromatic heterocycles. The van der Waals surface area contributed by atoms with Gasteiger partial charge in [0, 0.05) is 12.1 Å². The Labute approximate surface area is 133 Å². The van der Waals surface area contributed by atoms with Crippen LogP contribution in [0.25, 0.3) is 0 Å². The van der Waals surface area contributed by atoms with Crippen molar-refractivity contribution in [1.82, 2.24) is 4.98 Å². The molecular weight excluding hydrogens is 314 g/mol. The Morgan fingerprint density at radius 1 is 1.24 bits per heavy atom. The maximum atomic E-state index is 13.5. The molecule has 6 heteroatoms. The second kappa shape index (κ2) is 7.48. The Kier molecular flexibility index (Phi) is 5.65. The standard InChI is InChI=1S/C15H15Cl2FN2O/c1-2-7-19-14-11(16)8-12(17)15(20-14)21-9-10-5-3-4-6-13(10)18/h3-6,8H,2,7,9H2,1H3,(H,19,20). The fourth-order valence-electron chi connectivity index (χ4n) is 1.68. The quantitative estimate of drug-likeness (QED) is 0.816. The highest BCUT2D eigenvalue weighted by Gasteiger charge is 2.11. The summed E-state index contributed by atoms with van der Waals surface area (Å²) in [4.78, 5) is 4.23. The van der Waals surface area contributed by atoms with Gasteiger partial charge in [0.15, 0.2) is 0 Å². The summed E-state index contributed by atoms with van der Waals surface area (Å²) in [6.45, 7) is 2.82. The minimum atomic E-state index is -0.327. The number of nitrogens with one attached hydrogen (secondary N) is 1. The van der Waals surface area contributed by atoms with Crippen LogP contribution in [0.5, 0.6) is 5.88 Å². The minimum absolute atomic E-state index is 0.0498. The van der Waals surface area contributed by atoms with E-state index in [1.54, 1.807) is 24.3 Å². The second-order valence-electron chi connectivity index (χ2n) is 4.41. The molecule has 21 heavy (non-hydrogen) atoms. The molecule has 1 heterocycles. The van der Waals surface area contributed by atoms with Gasteiger partial charge in [-0.15, -0.1) is 0 Å². The van der Waals surface area contributed by atoms with Crippen molar-refractivity contribution in [3.8, 4) is 5.88 Å². The SMILES string of the molecule is CCCNc1nc(OCc2ccccc2F)c(Cl)cc1Cl. The number of aromatic nitrogens is 1. The third-order valence-electron chi connectivity index (χ3n) is 2.76. The highest BCUT2D eigenvalue weighted by atomic mass is 35.5. The highest BCUT2D eigenvalue weighted by molar-refractivity contribution is 6.36. The molecule has 0 radical (unpaired) electrons. The minimum Gasteiger partial charge on any atom is -0.472 e. The van der Waals surface area contributed by atoms with Crippen molar-refractivity contribution in [3.63, 3.8) is 0 Å². The molecule has 0 atom stereocenters. The van der Waals surface area contributed by atoms with Gasteiger partial charge < -0.3 is 10.1 Å². The van der Waals surface area contributed by atoms with Gasteiger partial charge >= 0.3 is 0 Å². The van der Waals surface area contributed by atoms with Crippen LogP contribution in [0.4, 0.5) is 10.2 Å². The summed E-state index contributed by atoms with van der Waals surface area (Å²) in [5.41, 5.74) is 0.438. The van der Waals surface area contributed by atoms with Crippen molar-refractivity contribution in [1.29, 1.82) is 0 Å². The third-order valence-corrected chi connectivity index (χ3v) is 3.32. The van der Waals surface area contributed by atoms with Crippen LogP contribution in [0.1, 0.15) is 18.9 Å². The molecule has 0 bridgehead atoms. The Balaban J connectivity index is 2.14. The Bertz CT molecular complexity index is 623. The summed E-state index contributed by atoms with van der Waals surface area (Å²) in [7, 11) is 0. The van der Waals surface area contributed by atoms with Gasteiger partial charge in [-0.1, -0.05) is 48.3 Å². The smallest absolute Gasteiger partial charge is 0.235 e. The van der Waals surface area contributed by atoms with E-state index in [1.165, 1.54) is 6.07 Å². The molecule has 0 unspecified atom stereocenters. The highest BCUT2D eigenvalue weighted by Crippen LogP contribution is 2.31. The fourth-order valence-corrected chi connectivity index (χ4v) is 2.16. The molecule has 0 aliphatic carbocycles. The average Bonchev–Trinajstić information content (AvgIpc) is 2.47. The summed E-state index contributed by atoms with van der Waals surface area (Å²) >= 11 is 12.1. The number of halogens is 3. The van der Waals surface area contributed by atoms with Crippen LogP contribution < -0.4 is 10.1 Å². The molecule has 1 aromatic carbocycles. The van der Waals surface area contributed by atoms with Gasteiger partial charge in [-0.05, 0) is 18.6 Å². The van der Waals surface area contributed by atoms with Crippen LogP contribution >= 0.6 is 23.2 Å². The zero-order valence-electron chi connectivity index (χ0n) is 11.5. The van der Waals surface area contributed by atoms with Gasteiger partial charge in [-0.3, -0.25) is 0 Å². The molecule has 3 nitrogen and oxygen atoms in total. The molecule has 2 rings (SSSR count). The van der Waals surface area contributed by atoms with Gasteiger partial charge in [0.1, 0.15) is 23.3 Å². The van der Waals surface area contributed by atoms with Crippen LogP contribution in [-0.2, 0) is 6.61 Å². The fraction of sp³-hybridized carbons (Fsp3) is 0.267. The average molecular weight is 329 g/mol. The molecule has 0 aliphatic rings. The number of pyridine rings is 1. The Morgan fingerprint density at radius 2 is 2.00 bits per heavy atom. The van der Waals surface area contributed by atoms with Crippen molar-refractivity contribution >= 4 is 29.0 Å². The van der Waals surface area contributed by atoms with Crippen molar-refractivity contribution < 1.29 is 9.13 Å². The van der Waals surface area contributed by atoms with Gasteiger partial charge in [0.05, 0.1) is 5.02 Å². The zero-order valence-corrected chi connectivity index (χ0v) is 13.0. The molecule has 112 valence electrons. The molecule has 2 aromatic rings. The van der Waals surface area contributed by atoms with Crippen molar-refractivity contribution in [2.45, 2.75) is 20.0 Å². The largest absolute Gasteiger partial charge is 0.472 e. The zero-order chi connectivity index (χ0) is 15.2. The van der Waals surface area contributed by atoms with E-state index >= 15 is 0 Å². The van der Waals surface area contributed by atoms with Crippen LogP contribution in [0, 0.1) is 5.82 Å². The Hall–Kier alpha value is -1.52. The van der Waals surface area contributed by atoms with E-state index in [2.05, 4.69) is 10.3 Å². The van der Waals surface area contributed by atoms with E-state index in [4.69, 9.17) is 27.9 Å². The third kappa shape index (κ3) is 4.22. The lowest BCUT2D eigenvalue weighted by molar-refractivity contribution is 0.288. The molecule has 0 spiro atoms. The molecule has 1 N–H and O–H groups in total. The first kappa shape index (κ1) is 15.9. The molecule has 0 saturated carbocycles. The first-order valence-electron chi connectivity index (χ1n) is 6.58. The van der Waals surface area contributed by atoms with E-state index in [-0.39, 0.29) is 18.3 Å². The van der Waals surface area contributed by atoms with E-state index in [1.807, 2.05) is 6.92 Å². The number of hydrogen-bond acceptors (Lipinski definition) is 3. The normalized spacial score (nSPS) is 10.5. The van der Waals surface area contributed by atoms with E-state index in [0.717, 1.165) is 13.0 Å². The topological polar surface area (TPSA) is 34.2 Å². The van der Waals surface area contributed by atoms with Gasteiger partial charge in [-0.25, -0.2) is 4.39 Å². The number of rotatable bonds is 6. The van der Waals surface area contributed by atoms with Crippen molar-refractivity contribution in [2.24, 2.45) is 0 Å². The lowest BCUT2D eigenvalue weighted by atomic mass is 10.2. The lowest BCUT2D eigenvalue weighted by Crippen LogP contribution is -2.05. The first-order valence-corrected chi connectivity index (χ1v) is 7.33. The maximum Gasteiger partial charge on any atom is 0.235 e. The monoisotopic (exact) mass is 328 g/mol. The number of ether oxygens (including phenoxy) is 1. The van der Waals surface area contributed by atoms with Crippen molar-refractivity contribution in [3.05, 3.63) is 51.8 Å². The predicted molar refractivity (Wildman–Crippen MR) is 83.8 cm³/mol. The maximum absolute atomic E-state index is 13.5. The Morgan fingerprint density at radius 3 is 2.71 bits per heavy atom. The number of anilines is 1. The molecule has 0 aliphatic heterocycles. The summed E-state index contributed by atoms with van der Waals surface area (Å²) in [5, 5.41) is 3.80. The summed E-state index contributed by atoms with van der Waals surface area (Å²) < 4.78 is 19.0. The summed E-state index contributed by atoms with van der Waals surface area (Å²) in [6.07, 6.45) is 0.937. The van der Waals surface area contributed by atoms with Crippen LogP contribution in [0.2, 0.25) is 10.0 Å². The molecular formula is C15H15Cl2FN2O. The van der Waals surface area contributed by atoms with Crippen LogP contribution in [0.15, 0.2) is 30.3 Å². The lowest BCUT2D eigenvalue weighted by Gasteiger charge is -2.12. The molecule has 0 amide bonds. The summed E-state index contributed by atoms with van der Waals surface area (Å²) in [5.74, 6) is 0.404. The van der Waals surface area contributed by atoms with Gasteiger partial charge in [0.2, 0.25) is 5.88 Å². The predicted octanol–water partition coefficient (Wildman–Crippen LogP) is 4.93. The molecule has 0 saturated heterocycles. The van der Waals surface area contributed by atoms with E-state index in [9.17, 15) is 4.39 Å². The summed E-state index contributed by atoms with van der Waals surface area (Å²) in [6, 6.07) is 7.95. The van der Waals surface area contributed by atoms with Crippen LogP contribution in [0.3, 0.4) is 0 Å².